The van der Waals surface area contributed by atoms with Gasteiger partial charge in [0.2, 0.25) is 5.13 Å². The zero-order valence-electron chi connectivity index (χ0n) is 9.28. The molecule has 9 heteroatoms. The summed E-state index contributed by atoms with van der Waals surface area (Å²) in [6, 6.07) is -0.555. The molecule has 0 saturated carbocycles. The van der Waals surface area contributed by atoms with E-state index in [0.717, 1.165) is 11.3 Å². The molecule has 1 aliphatic heterocycles. The van der Waals surface area contributed by atoms with E-state index in [2.05, 4.69) is 15.5 Å². The van der Waals surface area contributed by atoms with Gasteiger partial charge in [0, 0.05) is 13.1 Å². The van der Waals surface area contributed by atoms with Crippen molar-refractivity contribution in [1.82, 2.24) is 15.1 Å². The Morgan fingerprint density at radius 2 is 2.33 bits per heavy atom. The van der Waals surface area contributed by atoms with Gasteiger partial charge in [0.1, 0.15) is 5.51 Å². The Kier molecular flexibility index (Phi) is 3.69. The van der Waals surface area contributed by atoms with Crippen LogP contribution in [0.25, 0.3) is 0 Å². The molecule has 1 aromatic heterocycles. The zero-order valence-corrected chi connectivity index (χ0v) is 10.1. The summed E-state index contributed by atoms with van der Waals surface area (Å²) < 4.78 is 37.7. The number of nitrogens with zero attached hydrogens (tertiary/aromatic N) is 3. The third-order valence-electron chi connectivity index (χ3n) is 2.75. The van der Waals surface area contributed by atoms with Gasteiger partial charge in [-0.3, -0.25) is 5.32 Å². The summed E-state index contributed by atoms with van der Waals surface area (Å²) in [4.78, 5) is 12.9. The lowest BCUT2D eigenvalue weighted by Crippen LogP contribution is -2.46. The molecule has 0 radical (unpaired) electrons. The van der Waals surface area contributed by atoms with Gasteiger partial charge >= 0.3 is 12.2 Å². The molecule has 5 nitrogen and oxygen atoms in total. The minimum absolute atomic E-state index is 0.0755. The Bertz CT molecular complexity index is 408. The van der Waals surface area contributed by atoms with E-state index in [-0.39, 0.29) is 18.1 Å². The third-order valence-corrected chi connectivity index (χ3v) is 3.35. The molecule has 1 aliphatic rings. The predicted molar refractivity (Wildman–Crippen MR) is 59.3 cm³/mol. The fourth-order valence-electron chi connectivity index (χ4n) is 1.83. The number of carbonyl (C=O) groups is 1. The van der Waals surface area contributed by atoms with Crippen LogP contribution in [0.1, 0.15) is 12.8 Å². The molecular weight excluding hydrogens is 269 g/mol. The zero-order chi connectivity index (χ0) is 13.2. The maximum Gasteiger partial charge on any atom is 0.393 e. The van der Waals surface area contributed by atoms with Crippen molar-refractivity contribution in [2.75, 3.05) is 18.4 Å². The van der Waals surface area contributed by atoms with Gasteiger partial charge in [-0.15, -0.1) is 10.2 Å². The minimum atomic E-state index is -4.25. The number of urea groups is 1. The van der Waals surface area contributed by atoms with Crippen molar-refractivity contribution >= 4 is 22.5 Å². The highest BCUT2D eigenvalue weighted by Gasteiger charge is 2.42. The number of hydrogen-bond donors (Lipinski definition) is 1. The maximum atomic E-state index is 12.6. The molecule has 1 atom stereocenters. The molecule has 0 aromatic carbocycles. The van der Waals surface area contributed by atoms with Gasteiger partial charge in [0.05, 0.1) is 5.92 Å². The summed E-state index contributed by atoms with van der Waals surface area (Å²) in [6.45, 7) is 0.0331. The summed E-state index contributed by atoms with van der Waals surface area (Å²) in [5.74, 6) is -1.44. The van der Waals surface area contributed by atoms with Crippen LogP contribution in [0.5, 0.6) is 0 Å². The van der Waals surface area contributed by atoms with Crippen molar-refractivity contribution in [1.29, 1.82) is 0 Å². The maximum absolute atomic E-state index is 12.6. The van der Waals surface area contributed by atoms with Crippen molar-refractivity contribution in [3.63, 3.8) is 0 Å². The first kappa shape index (κ1) is 13.1. The third kappa shape index (κ3) is 3.09. The standard InChI is InChI=1S/C9H11F3N4OS/c10-9(11,12)6-2-1-3-16(4-6)8(17)14-7-15-13-5-18-7/h5-6H,1-4H2,(H,14,15,17)/t6-/m0/s1. The number of likely N-dealkylation sites (tertiary alicyclic amines) is 1. The van der Waals surface area contributed by atoms with Gasteiger partial charge in [-0.25, -0.2) is 4.79 Å². The molecular formula is C9H11F3N4OS. The van der Waals surface area contributed by atoms with Crippen LogP contribution in [0.3, 0.4) is 0 Å². The fraction of sp³-hybridized carbons (Fsp3) is 0.667. The molecule has 1 saturated heterocycles. The van der Waals surface area contributed by atoms with E-state index in [1.807, 2.05) is 0 Å². The second-order valence-corrected chi connectivity index (χ2v) is 4.83. The number of alkyl halides is 3. The van der Waals surface area contributed by atoms with E-state index in [0.29, 0.717) is 13.0 Å². The van der Waals surface area contributed by atoms with Crippen LogP contribution in [0.4, 0.5) is 23.1 Å². The highest BCUT2D eigenvalue weighted by atomic mass is 32.1. The van der Waals surface area contributed by atoms with E-state index in [1.54, 1.807) is 0 Å². The number of halogens is 3. The molecule has 100 valence electrons. The Morgan fingerprint density at radius 3 is 2.94 bits per heavy atom. The molecule has 1 fully saturated rings. The minimum Gasteiger partial charge on any atom is -0.324 e. The monoisotopic (exact) mass is 280 g/mol. The van der Waals surface area contributed by atoms with Gasteiger partial charge in [-0.05, 0) is 12.8 Å². The van der Waals surface area contributed by atoms with Crippen LogP contribution in [0, 0.1) is 5.92 Å². The Morgan fingerprint density at radius 1 is 1.56 bits per heavy atom. The molecule has 2 amide bonds. The number of nitrogens with one attached hydrogen (secondary N) is 1. The van der Waals surface area contributed by atoms with Gasteiger partial charge in [0.15, 0.2) is 0 Å². The molecule has 0 spiro atoms. The lowest BCUT2D eigenvalue weighted by Gasteiger charge is -2.33. The molecule has 0 bridgehead atoms. The van der Waals surface area contributed by atoms with E-state index in [4.69, 9.17) is 0 Å². The van der Waals surface area contributed by atoms with Crippen LogP contribution in [-0.2, 0) is 0 Å². The van der Waals surface area contributed by atoms with Gasteiger partial charge in [0.25, 0.3) is 0 Å². The van der Waals surface area contributed by atoms with Gasteiger partial charge in [-0.2, -0.15) is 13.2 Å². The van der Waals surface area contributed by atoms with Crippen molar-refractivity contribution in [3.8, 4) is 0 Å². The number of piperidine rings is 1. The Hall–Kier alpha value is -1.38. The number of anilines is 1. The van der Waals surface area contributed by atoms with E-state index in [9.17, 15) is 18.0 Å². The fourth-order valence-corrected chi connectivity index (χ4v) is 2.26. The van der Waals surface area contributed by atoms with E-state index in [1.165, 1.54) is 10.4 Å². The molecule has 1 aromatic rings. The van der Waals surface area contributed by atoms with Crippen molar-refractivity contribution in [3.05, 3.63) is 5.51 Å². The largest absolute Gasteiger partial charge is 0.393 e. The van der Waals surface area contributed by atoms with Gasteiger partial charge in [-0.1, -0.05) is 11.3 Å². The van der Waals surface area contributed by atoms with E-state index >= 15 is 0 Å². The van der Waals surface area contributed by atoms with Crippen LogP contribution in [-0.4, -0.2) is 40.4 Å². The lowest BCUT2D eigenvalue weighted by atomic mass is 9.98. The first-order chi connectivity index (χ1) is 8.47. The average Bonchev–Trinajstić information content (AvgIpc) is 2.81. The number of carbonyl (C=O) groups excluding carboxylic acids is 1. The van der Waals surface area contributed by atoms with Crippen molar-refractivity contribution in [2.24, 2.45) is 5.92 Å². The SMILES string of the molecule is O=C(Nc1nncs1)N1CCC[C@H](C(F)(F)F)C1. The van der Waals surface area contributed by atoms with E-state index < -0.39 is 18.1 Å². The summed E-state index contributed by atoms with van der Waals surface area (Å²) in [7, 11) is 0. The Balaban J connectivity index is 1.94. The molecule has 2 heterocycles. The summed E-state index contributed by atoms with van der Waals surface area (Å²) in [5.41, 5.74) is 1.43. The second-order valence-electron chi connectivity index (χ2n) is 4.00. The van der Waals surface area contributed by atoms with Crippen LogP contribution in [0.2, 0.25) is 0 Å². The van der Waals surface area contributed by atoms with Gasteiger partial charge < -0.3 is 4.90 Å². The normalized spacial score (nSPS) is 20.8. The first-order valence-electron chi connectivity index (χ1n) is 5.35. The van der Waals surface area contributed by atoms with Crippen molar-refractivity contribution in [2.45, 2.75) is 19.0 Å². The predicted octanol–water partition coefficient (Wildman–Crippen LogP) is 2.34. The average molecular weight is 280 g/mol. The number of amides is 2. The molecule has 0 unspecified atom stereocenters. The Labute approximate surface area is 105 Å². The summed E-state index contributed by atoms with van der Waals surface area (Å²) >= 11 is 1.12. The van der Waals surface area contributed by atoms with Crippen LogP contribution >= 0.6 is 11.3 Å². The molecule has 0 aliphatic carbocycles. The highest BCUT2D eigenvalue weighted by Crippen LogP contribution is 2.33. The number of rotatable bonds is 1. The van der Waals surface area contributed by atoms with Crippen LogP contribution in [0.15, 0.2) is 5.51 Å². The smallest absolute Gasteiger partial charge is 0.324 e. The summed E-state index contributed by atoms with van der Waals surface area (Å²) in [6.07, 6.45) is -3.82. The number of hydrogen-bond acceptors (Lipinski definition) is 4. The number of aromatic nitrogens is 2. The second kappa shape index (κ2) is 5.09. The quantitative estimate of drug-likeness (QED) is 0.859. The molecule has 2 rings (SSSR count). The summed E-state index contributed by atoms with van der Waals surface area (Å²) in [5, 5.41) is 9.85. The molecule has 1 N–H and O–H groups in total. The van der Waals surface area contributed by atoms with Crippen LogP contribution < -0.4 is 5.32 Å². The first-order valence-corrected chi connectivity index (χ1v) is 6.23. The lowest BCUT2D eigenvalue weighted by molar-refractivity contribution is -0.183. The molecule has 18 heavy (non-hydrogen) atoms. The highest BCUT2D eigenvalue weighted by molar-refractivity contribution is 7.13. The van der Waals surface area contributed by atoms with Crippen molar-refractivity contribution < 1.29 is 18.0 Å². The topological polar surface area (TPSA) is 58.1 Å².